The smallest absolute Gasteiger partial charge is 0.236 e. The molecule has 0 radical (unpaired) electrons. The molecule has 212 valence electrons. The van der Waals surface area contributed by atoms with Crippen LogP contribution < -0.4 is 21.3 Å². The zero-order valence-electron chi connectivity index (χ0n) is 23.1. The number of nitrogens with two attached hydrogens (primary N) is 1. The average molecular weight is 537 g/mol. The lowest BCUT2D eigenvalue weighted by molar-refractivity contribution is -0.122. The number of hydrogen-bond donors (Lipinski definition) is 3. The zero-order valence-corrected chi connectivity index (χ0v) is 23.1. The molecule has 2 bridgehead atoms. The second kappa shape index (κ2) is 15.5. The number of carbonyl (C=O) groups excluding carboxylic acids is 2. The first kappa shape index (κ1) is 29.0. The number of Topliss-reactive ketones (excluding diaryl/α,β-unsaturated/α-hetero) is 1. The van der Waals surface area contributed by atoms with Gasteiger partial charge in [0.05, 0.1) is 30.5 Å². The van der Waals surface area contributed by atoms with Gasteiger partial charge < -0.3 is 26.0 Å². The Balaban J connectivity index is 1.36. The van der Waals surface area contributed by atoms with E-state index in [1.807, 2.05) is 0 Å². The number of benzene rings is 1. The Hall–Kier alpha value is -3.04. The summed E-state index contributed by atoms with van der Waals surface area (Å²) >= 11 is 0. The molecule has 4 rings (SSSR count). The van der Waals surface area contributed by atoms with Gasteiger partial charge in [0.15, 0.2) is 5.78 Å². The number of aryl methyl sites for hydroxylation is 2. The molecule has 1 atom stereocenters. The summed E-state index contributed by atoms with van der Waals surface area (Å²) in [6, 6.07) is 8.05. The number of carbonyl (C=O) groups is 2. The largest absolute Gasteiger partial charge is 0.378 e. The molecule has 1 aromatic heterocycles. The van der Waals surface area contributed by atoms with Gasteiger partial charge in [0, 0.05) is 44.5 Å². The van der Waals surface area contributed by atoms with E-state index in [2.05, 4.69) is 44.8 Å². The highest BCUT2D eigenvalue weighted by molar-refractivity contribution is 5.97. The lowest BCUT2D eigenvalue weighted by atomic mass is 9.99. The minimum atomic E-state index is -0.459. The minimum absolute atomic E-state index is 0.0538. The quantitative estimate of drug-likeness (QED) is 0.495. The molecule has 39 heavy (non-hydrogen) atoms. The van der Waals surface area contributed by atoms with E-state index >= 15 is 0 Å². The van der Waals surface area contributed by atoms with E-state index in [4.69, 9.17) is 15.5 Å². The molecule has 0 aliphatic carbocycles. The molecule has 1 aromatic carbocycles. The van der Waals surface area contributed by atoms with Crippen LogP contribution in [0, 0.1) is 0 Å². The van der Waals surface area contributed by atoms with Crippen molar-refractivity contribution in [1.29, 1.82) is 0 Å². The molecule has 2 aliphatic heterocycles. The average Bonchev–Trinajstić information content (AvgIpc) is 2.97. The third kappa shape index (κ3) is 9.28. The Bertz CT molecular complexity index is 1060. The zero-order chi connectivity index (χ0) is 27.3. The SMILES string of the molecule is N[C@H]1CCCCCc2nc(ncc2C(=O)CCc2ccc(N3CCOCC3)cc2)NCCCCCCNC1=O. The molecule has 9 heteroatoms. The van der Waals surface area contributed by atoms with E-state index in [-0.39, 0.29) is 11.7 Å². The fourth-order valence-corrected chi connectivity index (χ4v) is 5.12. The summed E-state index contributed by atoms with van der Waals surface area (Å²) in [6.45, 7) is 4.81. The molecule has 0 unspecified atom stereocenters. The van der Waals surface area contributed by atoms with E-state index in [1.54, 1.807) is 6.20 Å². The van der Waals surface area contributed by atoms with Gasteiger partial charge in [-0.15, -0.1) is 0 Å². The van der Waals surface area contributed by atoms with Gasteiger partial charge in [-0.2, -0.15) is 0 Å². The molecular formula is C30H44N6O3. The number of nitrogens with one attached hydrogen (secondary N) is 2. The maximum atomic E-state index is 13.3. The highest BCUT2D eigenvalue weighted by atomic mass is 16.5. The molecule has 2 aliphatic rings. The molecule has 0 spiro atoms. The number of anilines is 2. The van der Waals surface area contributed by atoms with Gasteiger partial charge in [0.25, 0.3) is 0 Å². The summed E-state index contributed by atoms with van der Waals surface area (Å²) in [5, 5.41) is 6.29. The van der Waals surface area contributed by atoms with Crippen molar-refractivity contribution in [2.75, 3.05) is 49.6 Å². The second-order valence-corrected chi connectivity index (χ2v) is 10.6. The molecule has 9 nitrogen and oxygen atoms in total. The van der Waals surface area contributed by atoms with Gasteiger partial charge in [-0.25, -0.2) is 9.97 Å². The van der Waals surface area contributed by atoms with Gasteiger partial charge in [-0.05, 0) is 56.2 Å². The van der Waals surface area contributed by atoms with Crippen molar-refractivity contribution < 1.29 is 14.3 Å². The number of morpholine rings is 1. The lowest BCUT2D eigenvalue weighted by Crippen LogP contribution is -2.40. The number of fused-ring (bicyclic) bond motifs is 2. The monoisotopic (exact) mass is 536 g/mol. The molecular weight excluding hydrogens is 492 g/mol. The van der Waals surface area contributed by atoms with Crippen molar-refractivity contribution in [2.45, 2.75) is 76.7 Å². The van der Waals surface area contributed by atoms with Crippen LogP contribution in [-0.4, -0.2) is 67.1 Å². The summed E-state index contributed by atoms with van der Waals surface area (Å²) in [5.41, 5.74) is 9.86. The highest BCUT2D eigenvalue weighted by Gasteiger charge is 2.17. The van der Waals surface area contributed by atoms with E-state index in [9.17, 15) is 9.59 Å². The van der Waals surface area contributed by atoms with Gasteiger partial charge in [0.1, 0.15) is 0 Å². The topological polar surface area (TPSA) is 122 Å². The van der Waals surface area contributed by atoms with Crippen LogP contribution in [0.25, 0.3) is 0 Å². The summed E-state index contributed by atoms with van der Waals surface area (Å²) in [7, 11) is 0. The Labute approximate surface area is 232 Å². The molecule has 2 aromatic rings. The van der Waals surface area contributed by atoms with E-state index in [0.717, 1.165) is 89.1 Å². The van der Waals surface area contributed by atoms with Crippen LogP contribution in [0.4, 0.5) is 11.6 Å². The normalized spacial score (nSPS) is 20.3. The molecule has 1 amide bonds. The predicted octanol–water partition coefficient (Wildman–Crippen LogP) is 3.66. The summed E-state index contributed by atoms with van der Waals surface area (Å²) in [5.74, 6) is 0.618. The maximum absolute atomic E-state index is 13.3. The Morgan fingerprint density at radius 1 is 0.974 bits per heavy atom. The number of aromatic nitrogens is 2. The van der Waals surface area contributed by atoms with Crippen LogP contribution in [0.5, 0.6) is 0 Å². The second-order valence-electron chi connectivity index (χ2n) is 10.6. The summed E-state index contributed by atoms with van der Waals surface area (Å²) < 4.78 is 5.45. The van der Waals surface area contributed by atoms with E-state index in [0.29, 0.717) is 43.7 Å². The van der Waals surface area contributed by atoms with Crippen LogP contribution in [0.15, 0.2) is 30.5 Å². The number of rotatable bonds is 5. The van der Waals surface area contributed by atoms with Crippen molar-refractivity contribution in [3.63, 3.8) is 0 Å². The predicted molar refractivity (Wildman–Crippen MR) is 154 cm³/mol. The third-order valence-electron chi connectivity index (χ3n) is 7.57. The number of ether oxygens (including phenoxy) is 1. The Morgan fingerprint density at radius 3 is 2.46 bits per heavy atom. The van der Waals surface area contributed by atoms with Gasteiger partial charge >= 0.3 is 0 Å². The molecule has 0 saturated carbocycles. The van der Waals surface area contributed by atoms with Crippen LogP contribution in [0.3, 0.4) is 0 Å². The molecule has 1 fully saturated rings. The Kier molecular flexibility index (Phi) is 11.5. The number of amides is 1. The van der Waals surface area contributed by atoms with Gasteiger partial charge in [-0.3, -0.25) is 9.59 Å². The third-order valence-corrected chi connectivity index (χ3v) is 7.57. The standard InChI is InChI=1S/C30H44N6O3/c31-26-8-4-3-5-9-27-25(22-34-30(35-27)33-17-7-2-1-6-16-32-29(26)38)28(37)15-12-23-10-13-24(14-11-23)36-18-20-39-21-19-36/h10-11,13-14,22,26H,1-9,12,15-21,31H2,(H,32,38)(H,33,34,35)/t26-/m0/s1. The van der Waals surface area contributed by atoms with Crippen LogP contribution in [0.2, 0.25) is 0 Å². The molecule has 4 N–H and O–H groups in total. The molecule has 1 saturated heterocycles. The van der Waals surface area contributed by atoms with Crippen molar-refractivity contribution in [3.05, 3.63) is 47.3 Å². The fraction of sp³-hybridized carbons (Fsp3) is 0.600. The van der Waals surface area contributed by atoms with Crippen molar-refractivity contribution in [1.82, 2.24) is 15.3 Å². The summed E-state index contributed by atoms with van der Waals surface area (Å²) in [6.07, 6.45) is 10.9. The number of ketones is 1. The first-order valence-electron chi connectivity index (χ1n) is 14.7. The highest BCUT2D eigenvalue weighted by Crippen LogP contribution is 2.20. The fourth-order valence-electron chi connectivity index (χ4n) is 5.12. The van der Waals surface area contributed by atoms with Crippen LogP contribution >= 0.6 is 0 Å². The lowest BCUT2D eigenvalue weighted by Gasteiger charge is -2.28. The minimum Gasteiger partial charge on any atom is -0.378 e. The molecule has 3 heterocycles. The Morgan fingerprint density at radius 2 is 1.69 bits per heavy atom. The maximum Gasteiger partial charge on any atom is 0.236 e. The van der Waals surface area contributed by atoms with Crippen molar-refractivity contribution >= 4 is 23.3 Å². The number of nitrogens with zero attached hydrogens (tertiary/aromatic N) is 3. The van der Waals surface area contributed by atoms with Gasteiger partial charge in [0.2, 0.25) is 11.9 Å². The first-order chi connectivity index (χ1) is 19.1. The van der Waals surface area contributed by atoms with Gasteiger partial charge in [-0.1, -0.05) is 37.8 Å². The summed E-state index contributed by atoms with van der Waals surface area (Å²) in [4.78, 5) is 37.0. The van der Waals surface area contributed by atoms with Crippen LogP contribution in [0.1, 0.15) is 79.4 Å². The van der Waals surface area contributed by atoms with E-state index in [1.165, 1.54) is 5.69 Å². The van der Waals surface area contributed by atoms with E-state index < -0.39 is 6.04 Å². The van der Waals surface area contributed by atoms with Crippen molar-refractivity contribution in [2.24, 2.45) is 5.73 Å². The van der Waals surface area contributed by atoms with Crippen molar-refractivity contribution in [3.8, 4) is 0 Å². The van der Waals surface area contributed by atoms with Crippen LogP contribution in [-0.2, 0) is 22.4 Å². The first-order valence-corrected chi connectivity index (χ1v) is 14.7. The number of hydrogen-bond acceptors (Lipinski definition) is 8.